The number of hydrogen-bond donors (Lipinski definition) is 2. The second-order valence-electron chi connectivity index (χ2n) is 6.28. The largest absolute Gasteiger partial charge is 0.486 e. The van der Waals surface area contributed by atoms with Gasteiger partial charge in [-0.3, -0.25) is 14.5 Å². The van der Waals surface area contributed by atoms with Crippen LogP contribution in [0.1, 0.15) is 19.8 Å². The maximum Gasteiger partial charge on any atom is 0.241 e. The van der Waals surface area contributed by atoms with E-state index < -0.39 is 6.04 Å². The van der Waals surface area contributed by atoms with Crippen molar-refractivity contribution in [1.29, 1.82) is 0 Å². The molecule has 130 valence electrons. The Balaban J connectivity index is 1.54. The van der Waals surface area contributed by atoms with E-state index in [9.17, 15) is 9.59 Å². The van der Waals surface area contributed by atoms with E-state index in [4.69, 9.17) is 9.47 Å². The van der Waals surface area contributed by atoms with Crippen LogP contribution < -0.4 is 20.1 Å². The molecule has 3 rings (SSSR count). The third-order valence-corrected chi connectivity index (χ3v) is 4.19. The van der Waals surface area contributed by atoms with Crippen LogP contribution in [0.3, 0.4) is 0 Å². The predicted molar refractivity (Wildman–Crippen MR) is 89.3 cm³/mol. The number of carbonyl (C=O) groups is 2. The Morgan fingerprint density at radius 3 is 2.67 bits per heavy atom. The fraction of sp³-hybridized carbons (Fsp3) is 0.529. The number of carbonyl (C=O) groups excluding carboxylic acids is 2. The lowest BCUT2D eigenvalue weighted by molar-refractivity contribution is -0.124. The van der Waals surface area contributed by atoms with Crippen molar-refractivity contribution in [2.45, 2.75) is 31.8 Å². The molecule has 1 saturated carbocycles. The maximum absolute atomic E-state index is 12.4. The van der Waals surface area contributed by atoms with Crippen LogP contribution in [0.25, 0.3) is 0 Å². The number of benzene rings is 1. The van der Waals surface area contributed by atoms with E-state index in [0.717, 1.165) is 12.8 Å². The second kappa shape index (κ2) is 7.09. The van der Waals surface area contributed by atoms with Crippen LogP contribution in [-0.2, 0) is 9.59 Å². The summed E-state index contributed by atoms with van der Waals surface area (Å²) in [5, 5.41) is 5.77. The quantitative estimate of drug-likeness (QED) is 0.812. The van der Waals surface area contributed by atoms with Gasteiger partial charge in [-0.2, -0.15) is 0 Å². The first-order chi connectivity index (χ1) is 11.5. The van der Waals surface area contributed by atoms with Gasteiger partial charge >= 0.3 is 0 Å². The van der Waals surface area contributed by atoms with Gasteiger partial charge in [-0.25, -0.2) is 0 Å². The highest BCUT2D eigenvalue weighted by Crippen LogP contribution is 2.32. The fourth-order valence-corrected chi connectivity index (χ4v) is 2.43. The number of nitrogens with one attached hydrogen (secondary N) is 2. The van der Waals surface area contributed by atoms with E-state index in [1.165, 1.54) is 0 Å². The van der Waals surface area contributed by atoms with Crippen LogP contribution in [0.15, 0.2) is 18.2 Å². The Hall–Kier alpha value is -2.28. The molecule has 0 bridgehead atoms. The van der Waals surface area contributed by atoms with Gasteiger partial charge in [0, 0.05) is 17.8 Å². The number of hydrogen-bond acceptors (Lipinski definition) is 5. The first kappa shape index (κ1) is 16.6. The molecule has 0 aromatic heterocycles. The molecular formula is C17H23N3O4. The van der Waals surface area contributed by atoms with Crippen molar-refractivity contribution >= 4 is 17.5 Å². The zero-order valence-electron chi connectivity index (χ0n) is 14.0. The van der Waals surface area contributed by atoms with E-state index in [1.807, 2.05) is 0 Å². The van der Waals surface area contributed by atoms with E-state index >= 15 is 0 Å². The molecule has 2 aliphatic rings. The average molecular weight is 333 g/mol. The van der Waals surface area contributed by atoms with Crippen LogP contribution >= 0.6 is 0 Å². The number of likely N-dealkylation sites (N-methyl/N-ethyl adjacent to an activating group) is 1. The van der Waals surface area contributed by atoms with Crippen molar-refractivity contribution < 1.29 is 19.1 Å². The third-order valence-electron chi connectivity index (χ3n) is 4.19. The summed E-state index contributed by atoms with van der Waals surface area (Å²) in [6.45, 7) is 3.01. The number of anilines is 1. The van der Waals surface area contributed by atoms with E-state index in [2.05, 4.69) is 10.6 Å². The molecule has 1 heterocycles. The van der Waals surface area contributed by atoms with E-state index in [-0.39, 0.29) is 18.4 Å². The van der Waals surface area contributed by atoms with Gasteiger partial charge in [0.25, 0.3) is 0 Å². The van der Waals surface area contributed by atoms with Gasteiger partial charge in [0.15, 0.2) is 11.5 Å². The summed E-state index contributed by atoms with van der Waals surface area (Å²) in [7, 11) is 1.76. The summed E-state index contributed by atoms with van der Waals surface area (Å²) in [5.74, 6) is 1.09. The van der Waals surface area contributed by atoms with Gasteiger partial charge in [-0.1, -0.05) is 0 Å². The van der Waals surface area contributed by atoms with Crippen LogP contribution in [0.5, 0.6) is 11.5 Å². The minimum Gasteiger partial charge on any atom is -0.486 e. The monoisotopic (exact) mass is 333 g/mol. The highest BCUT2D eigenvalue weighted by molar-refractivity contribution is 5.95. The van der Waals surface area contributed by atoms with Gasteiger partial charge in [-0.15, -0.1) is 0 Å². The Bertz CT molecular complexity index is 630. The third kappa shape index (κ3) is 4.17. The van der Waals surface area contributed by atoms with Crippen LogP contribution in [0.2, 0.25) is 0 Å². The first-order valence-corrected chi connectivity index (χ1v) is 8.23. The summed E-state index contributed by atoms with van der Waals surface area (Å²) >= 11 is 0. The molecule has 24 heavy (non-hydrogen) atoms. The smallest absolute Gasteiger partial charge is 0.241 e. The minimum absolute atomic E-state index is 0.0426. The predicted octanol–water partition coefficient (Wildman–Crippen LogP) is 0.995. The molecule has 1 atom stereocenters. The van der Waals surface area contributed by atoms with E-state index in [0.29, 0.717) is 36.4 Å². The van der Waals surface area contributed by atoms with Gasteiger partial charge in [0.2, 0.25) is 11.8 Å². The topological polar surface area (TPSA) is 79.9 Å². The summed E-state index contributed by atoms with van der Waals surface area (Å²) < 4.78 is 11.0. The molecule has 0 unspecified atom stereocenters. The zero-order chi connectivity index (χ0) is 17.1. The van der Waals surface area contributed by atoms with Crippen LogP contribution in [0.4, 0.5) is 5.69 Å². The molecule has 1 aromatic carbocycles. The minimum atomic E-state index is -0.428. The highest BCUT2D eigenvalue weighted by atomic mass is 16.6. The molecule has 1 aromatic rings. The van der Waals surface area contributed by atoms with Gasteiger partial charge in [-0.05, 0) is 38.9 Å². The highest BCUT2D eigenvalue weighted by Gasteiger charge is 2.26. The molecule has 1 aliphatic carbocycles. The van der Waals surface area contributed by atoms with Gasteiger partial charge in [0.1, 0.15) is 13.2 Å². The number of rotatable bonds is 6. The van der Waals surface area contributed by atoms with Crippen LogP contribution in [0, 0.1) is 0 Å². The lowest BCUT2D eigenvalue weighted by Crippen LogP contribution is -2.45. The Morgan fingerprint density at radius 2 is 1.96 bits per heavy atom. The summed E-state index contributed by atoms with van der Waals surface area (Å²) in [4.78, 5) is 25.9. The zero-order valence-corrected chi connectivity index (χ0v) is 14.0. The van der Waals surface area contributed by atoms with Gasteiger partial charge < -0.3 is 20.1 Å². The lowest BCUT2D eigenvalue weighted by atomic mass is 10.2. The maximum atomic E-state index is 12.4. The molecule has 2 amide bonds. The average Bonchev–Trinajstić information content (AvgIpc) is 3.37. The van der Waals surface area contributed by atoms with Crippen molar-refractivity contribution in [1.82, 2.24) is 10.2 Å². The molecule has 7 nitrogen and oxygen atoms in total. The van der Waals surface area contributed by atoms with Crippen LogP contribution in [-0.4, -0.2) is 55.6 Å². The Kier molecular flexibility index (Phi) is 4.89. The molecule has 0 saturated heterocycles. The Labute approximate surface area is 141 Å². The number of amides is 2. The standard InChI is InChI=1S/C17H23N3O4/c1-11(20(2)10-16(21)18-12-3-4-12)17(22)19-13-5-6-14-15(9-13)24-8-7-23-14/h5-6,9,11-12H,3-4,7-8,10H2,1-2H3,(H,18,21)(H,19,22)/t11-/m1/s1. The number of nitrogens with zero attached hydrogens (tertiary/aromatic N) is 1. The normalized spacial score (nSPS) is 17.3. The molecule has 7 heteroatoms. The summed E-state index contributed by atoms with van der Waals surface area (Å²) in [6.07, 6.45) is 2.10. The summed E-state index contributed by atoms with van der Waals surface area (Å²) in [5.41, 5.74) is 0.645. The number of ether oxygens (including phenoxy) is 2. The van der Waals surface area contributed by atoms with E-state index in [1.54, 1.807) is 37.1 Å². The summed E-state index contributed by atoms with van der Waals surface area (Å²) in [6, 6.07) is 5.20. The van der Waals surface area contributed by atoms with Crippen molar-refractivity contribution in [3.05, 3.63) is 18.2 Å². The SMILES string of the molecule is C[C@H](C(=O)Nc1ccc2c(c1)OCCO2)N(C)CC(=O)NC1CC1. The molecule has 0 spiro atoms. The number of fused-ring (bicyclic) bond motifs is 1. The molecule has 2 N–H and O–H groups in total. The van der Waals surface area contributed by atoms with Gasteiger partial charge in [0.05, 0.1) is 12.6 Å². The molecule has 1 fully saturated rings. The second-order valence-corrected chi connectivity index (χ2v) is 6.28. The fourth-order valence-electron chi connectivity index (χ4n) is 2.43. The van der Waals surface area contributed by atoms with Crippen molar-refractivity contribution in [3.63, 3.8) is 0 Å². The molecule has 1 aliphatic heterocycles. The van der Waals surface area contributed by atoms with Crippen molar-refractivity contribution in [3.8, 4) is 11.5 Å². The molecular weight excluding hydrogens is 310 g/mol. The molecule has 0 radical (unpaired) electrons. The Morgan fingerprint density at radius 1 is 1.25 bits per heavy atom. The van der Waals surface area contributed by atoms with Crippen molar-refractivity contribution in [2.24, 2.45) is 0 Å². The van der Waals surface area contributed by atoms with Crippen molar-refractivity contribution in [2.75, 3.05) is 32.1 Å². The first-order valence-electron chi connectivity index (χ1n) is 8.23. The lowest BCUT2D eigenvalue weighted by Gasteiger charge is -2.24.